The van der Waals surface area contributed by atoms with Crippen LogP contribution in [0, 0.1) is 6.92 Å². The summed E-state index contributed by atoms with van der Waals surface area (Å²) in [6.07, 6.45) is -0.748. The summed E-state index contributed by atoms with van der Waals surface area (Å²) in [5, 5.41) is 20.7. The fraction of sp³-hybridized carbons (Fsp3) is 0.0667. The molecule has 0 unspecified atom stereocenters. The van der Waals surface area contributed by atoms with Crippen LogP contribution >= 0.6 is 0 Å². The Morgan fingerprint density at radius 2 is 1.90 bits per heavy atom. The molecule has 0 aromatic heterocycles. The van der Waals surface area contributed by atoms with Crippen LogP contribution in [0.5, 0.6) is 11.5 Å². The fourth-order valence-electron chi connectivity index (χ4n) is 1.71. The van der Waals surface area contributed by atoms with E-state index in [9.17, 15) is 14.7 Å². The second-order valence-electron chi connectivity index (χ2n) is 4.37. The Balaban J connectivity index is 2.09. The van der Waals surface area contributed by atoms with Crippen molar-refractivity contribution in [2.45, 2.75) is 6.92 Å². The molecule has 2 aromatic rings. The van der Waals surface area contributed by atoms with Crippen molar-refractivity contribution in [3.8, 4) is 11.5 Å². The van der Waals surface area contributed by atoms with E-state index in [4.69, 9.17) is 9.84 Å². The van der Waals surface area contributed by atoms with Gasteiger partial charge in [0.2, 0.25) is 0 Å². The normalized spacial score (nSPS) is 9.95. The van der Waals surface area contributed by atoms with E-state index in [2.05, 4.69) is 5.32 Å². The molecule has 6 nitrogen and oxygen atoms in total. The molecule has 0 heterocycles. The van der Waals surface area contributed by atoms with Crippen LogP contribution in [0.4, 0.5) is 10.5 Å². The predicted molar refractivity (Wildman–Crippen MR) is 75.9 cm³/mol. The molecule has 6 heteroatoms. The van der Waals surface area contributed by atoms with Gasteiger partial charge in [0.25, 0.3) is 0 Å². The quantitative estimate of drug-likeness (QED) is 0.754. The van der Waals surface area contributed by atoms with Gasteiger partial charge in [-0.1, -0.05) is 12.1 Å². The predicted octanol–water partition coefficient (Wildman–Crippen LogP) is 3.01. The Bertz CT molecular complexity index is 696. The van der Waals surface area contributed by atoms with Gasteiger partial charge in [-0.2, -0.15) is 0 Å². The van der Waals surface area contributed by atoms with Gasteiger partial charge in [0.15, 0.2) is 0 Å². The number of carboxylic acids is 1. The van der Waals surface area contributed by atoms with E-state index in [1.165, 1.54) is 12.1 Å². The molecule has 3 N–H and O–H groups in total. The maximum Gasteiger partial charge on any atom is 0.417 e. The van der Waals surface area contributed by atoms with E-state index in [0.717, 1.165) is 11.6 Å². The van der Waals surface area contributed by atoms with Crippen molar-refractivity contribution >= 4 is 17.7 Å². The summed E-state index contributed by atoms with van der Waals surface area (Å²) >= 11 is 0. The Labute approximate surface area is 120 Å². The highest BCUT2D eigenvalue weighted by molar-refractivity contribution is 5.94. The highest BCUT2D eigenvalue weighted by atomic mass is 16.6. The maximum absolute atomic E-state index is 11.7. The van der Waals surface area contributed by atoms with Crippen molar-refractivity contribution < 1.29 is 24.5 Å². The zero-order chi connectivity index (χ0) is 15.4. The van der Waals surface area contributed by atoms with E-state index in [1.54, 1.807) is 18.2 Å². The molecular formula is C15H13NO5. The number of carbonyl (C=O) groups is 2. The summed E-state index contributed by atoms with van der Waals surface area (Å²) in [5.74, 6) is -1.28. The van der Waals surface area contributed by atoms with Gasteiger partial charge in [0.05, 0.1) is 0 Å². The molecule has 108 valence electrons. The van der Waals surface area contributed by atoms with Gasteiger partial charge in [0.1, 0.15) is 17.1 Å². The average molecular weight is 287 g/mol. The molecule has 2 rings (SSSR count). The van der Waals surface area contributed by atoms with E-state index in [0.29, 0.717) is 5.75 Å². The summed E-state index contributed by atoms with van der Waals surface area (Å²) in [5.41, 5.74) is 0.851. The number of benzene rings is 2. The van der Waals surface area contributed by atoms with Crippen molar-refractivity contribution in [2.75, 3.05) is 5.32 Å². The highest BCUT2D eigenvalue weighted by Gasteiger charge is 2.12. The van der Waals surface area contributed by atoms with Gasteiger partial charge in [-0.3, -0.25) is 5.32 Å². The first-order valence-corrected chi connectivity index (χ1v) is 6.07. The van der Waals surface area contributed by atoms with Crippen molar-refractivity contribution in [1.82, 2.24) is 0 Å². The second-order valence-corrected chi connectivity index (χ2v) is 4.37. The minimum absolute atomic E-state index is 0.211. The van der Waals surface area contributed by atoms with E-state index < -0.39 is 12.1 Å². The molecule has 1 amide bonds. The summed E-state index contributed by atoms with van der Waals surface area (Å²) in [6, 6.07) is 10.6. The van der Waals surface area contributed by atoms with Crippen LogP contribution in [-0.2, 0) is 0 Å². The van der Waals surface area contributed by atoms with Crippen molar-refractivity contribution in [3.05, 3.63) is 53.6 Å². The summed E-state index contributed by atoms with van der Waals surface area (Å²) in [6.45, 7) is 1.86. The fourth-order valence-corrected chi connectivity index (χ4v) is 1.71. The number of carboxylic acid groups (broad SMARTS) is 1. The summed E-state index contributed by atoms with van der Waals surface area (Å²) in [4.78, 5) is 22.6. The molecule has 0 atom stereocenters. The lowest BCUT2D eigenvalue weighted by Crippen LogP contribution is -2.17. The van der Waals surface area contributed by atoms with E-state index in [1.807, 2.05) is 13.0 Å². The Morgan fingerprint density at radius 1 is 1.14 bits per heavy atom. The Kier molecular flexibility index (Phi) is 4.08. The van der Waals surface area contributed by atoms with Crippen molar-refractivity contribution in [2.24, 2.45) is 0 Å². The largest absolute Gasteiger partial charge is 0.507 e. The number of hydrogen-bond acceptors (Lipinski definition) is 4. The van der Waals surface area contributed by atoms with E-state index in [-0.39, 0.29) is 17.0 Å². The lowest BCUT2D eigenvalue weighted by molar-refractivity contribution is 0.0693. The third kappa shape index (κ3) is 3.73. The molecule has 21 heavy (non-hydrogen) atoms. The number of aromatic carboxylic acids is 1. The number of carbonyl (C=O) groups excluding carboxylic acids is 1. The number of amides is 1. The lowest BCUT2D eigenvalue weighted by atomic mass is 10.2. The molecule has 0 bridgehead atoms. The summed E-state index contributed by atoms with van der Waals surface area (Å²) < 4.78 is 5.07. The number of hydrogen-bond donors (Lipinski definition) is 3. The topological polar surface area (TPSA) is 95.9 Å². The van der Waals surface area contributed by atoms with Gasteiger partial charge >= 0.3 is 12.1 Å². The van der Waals surface area contributed by atoms with Crippen LogP contribution in [0.3, 0.4) is 0 Å². The number of nitrogens with one attached hydrogen (secondary N) is 1. The first-order valence-electron chi connectivity index (χ1n) is 6.07. The standard InChI is InChI=1S/C15H13NO5/c1-9-3-2-4-11(7-9)21-15(20)16-10-5-6-13(17)12(8-10)14(18)19/h2-8,17H,1H3,(H,16,20)(H,18,19). The highest BCUT2D eigenvalue weighted by Crippen LogP contribution is 2.22. The van der Waals surface area contributed by atoms with Crippen LogP contribution in [0.25, 0.3) is 0 Å². The molecule has 2 aromatic carbocycles. The van der Waals surface area contributed by atoms with Gasteiger partial charge in [-0.25, -0.2) is 9.59 Å². The monoisotopic (exact) mass is 287 g/mol. The van der Waals surface area contributed by atoms with Gasteiger partial charge in [-0.15, -0.1) is 0 Å². The first kappa shape index (κ1) is 14.4. The molecule has 0 spiro atoms. The molecule has 0 saturated carbocycles. The van der Waals surface area contributed by atoms with Crippen LogP contribution in [0.2, 0.25) is 0 Å². The molecule has 0 radical (unpaired) electrons. The Hall–Kier alpha value is -3.02. The molecule has 0 aliphatic rings. The molecule has 0 aliphatic heterocycles. The van der Waals surface area contributed by atoms with E-state index >= 15 is 0 Å². The lowest BCUT2D eigenvalue weighted by Gasteiger charge is -2.08. The number of phenols is 1. The maximum atomic E-state index is 11.7. The second kappa shape index (κ2) is 5.96. The third-order valence-corrected chi connectivity index (χ3v) is 2.67. The molecule has 0 saturated heterocycles. The smallest absolute Gasteiger partial charge is 0.417 e. The van der Waals surface area contributed by atoms with Crippen LogP contribution in [0.1, 0.15) is 15.9 Å². The van der Waals surface area contributed by atoms with Gasteiger partial charge in [0, 0.05) is 5.69 Å². The third-order valence-electron chi connectivity index (χ3n) is 2.67. The average Bonchev–Trinajstić information content (AvgIpc) is 2.40. The van der Waals surface area contributed by atoms with Crippen LogP contribution in [0.15, 0.2) is 42.5 Å². The van der Waals surface area contributed by atoms with Gasteiger partial charge in [-0.05, 0) is 42.8 Å². The number of aryl methyl sites for hydroxylation is 1. The number of ether oxygens (including phenoxy) is 1. The minimum Gasteiger partial charge on any atom is -0.507 e. The number of anilines is 1. The zero-order valence-corrected chi connectivity index (χ0v) is 11.2. The van der Waals surface area contributed by atoms with Gasteiger partial charge < -0.3 is 14.9 Å². The molecular weight excluding hydrogens is 274 g/mol. The summed E-state index contributed by atoms with van der Waals surface area (Å²) in [7, 11) is 0. The zero-order valence-electron chi connectivity index (χ0n) is 11.2. The number of aromatic hydroxyl groups is 1. The van der Waals surface area contributed by atoms with Crippen molar-refractivity contribution in [1.29, 1.82) is 0 Å². The SMILES string of the molecule is Cc1cccc(OC(=O)Nc2ccc(O)c(C(=O)O)c2)c1. The van der Waals surface area contributed by atoms with Crippen molar-refractivity contribution in [3.63, 3.8) is 0 Å². The first-order chi connectivity index (χ1) is 9.95. The molecule has 0 fully saturated rings. The van der Waals surface area contributed by atoms with Crippen LogP contribution < -0.4 is 10.1 Å². The minimum atomic E-state index is -1.29. The van der Waals surface area contributed by atoms with Crippen LogP contribution in [-0.4, -0.2) is 22.3 Å². The Morgan fingerprint density at radius 3 is 2.57 bits per heavy atom. The molecule has 0 aliphatic carbocycles. The number of rotatable bonds is 3.